The molecule has 0 unspecified atom stereocenters. The molecule has 0 spiro atoms. The third-order valence-corrected chi connectivity index (χ3v) is 8.17. The van der Waals surface area contributed by atoms with Crippen molar-refractivity contribution in [1.82, 2.24) is 0 Å². The van der Waals surface area contributed by atoms with Crippen LogP contribution < -0.4 is 0 Å². The van der Waals surface area contributed by atoms with Gasteiger partial charge in [0.15, 0.2) is 8.32 Å². The maximum absolute atomic E-state index is 6.01. The molecule has 0 aromatic heterocycles. The lowest BCUT2D eigenvalue weighted by Gasteiger charge is -2.36. The van der Waals surface area contributed by atoms with Gasteiger partial charge >= 0.3 is 0 Å². The van der Waals surface area contributed by atoms with Gasteiger partial charge < -0.3 is 18.6 Å². The summed E-state index contributed by atoms with van der Waals surface area (Å²) in [5.41, 5.74) is 0. The van der Waals surface area contributed by atoms with Gasteiger partial charge in [0, 0.05) is 6.42 Å². The molecule has 0 aromatic rings. The molecule has 0 saturated carbocycles. The molecule has 0 bridgehead atoms. The fraction of sp³-hybridized carbons (Fsp3) is 0.875. The van der Waals surface area contributed by atoms with Crippen molar-refractivity contribution >= 4 is 8.32 Å². The molecule has 0 atom stereocenters. The second-order valence-electron chi connectivity index (χ2n) is 6.40. The molecule has 0 N–H and O–H groups in total. The molecule has 124 valence electrons. The van der Waals surface area contributed by atoms with Crippen LogP contribution in [0.4, 0.5) is 0 Å². The standard InChI is InChI=1S/C16H32O4Si/c1-7-8-9-17-10-11-18-12-13-19-14-15-20-21(5,6)16(2,3)4/h1H,8-15H2,2-6H3. The highest BCUT2D eigenvalue weighted by Gasteiger charge is 2.36. The van der Waals surface area contributed by atoms with Crippen molar-refractivity contribution < 1.29 is 18.6 Å². The smallest absolute Gasteiger partial charge is 0.192 e. The average molecular weight is 317 g/mol. The van der Waals surface area contributed by atoms with Crippen LogP contribution in [-0.4, -0.2) is 54.6 Å². The predicted molar refractivity (Wildman–Crippen MR) is 89.1 cm³/mol. The first kappa shape index (κ1) is 20.6. The van der Waals surface area contributed by atoms with Crippen molar-refractivity contribution in [2.45, 2.75) is 45.3 Å². The maximum Gasteiger partial charge on any atom is 0.192 e. The normalized spacial score (nSPS) is 12.4. The zero-order valence-corrected chi connectivity index (χ0v) is 15.4. The van der Waals surface area contributed by atoms with Crippen molar-refractivity contribution in [3.8, 4) is 12.3 Å². The molecule has 5 heteroatoms. The molecule has 0 aromatic carbocycles. The summed E-state index contributed by atoms with van der Waals surface area (Å²) in [7, 11) is -1.64. The highest BCUT2D eigenvalue weighted by Crippen LogP contribution is 2.36. The van der Waals surface area contributed by atoms with Crippen LogP contribution in [0.3, 0.4) is 0 Å². The summed E-state index contributed by atoms with van der Waals surface area (Å²) in [6, 6.07) is 0. The Kier molecular flexibility index (Phi) is 11.0. The van der Waals surface area contributed by atoms with E-state index in [1.165, 1.54) is 0 Å². The number of hydrogen-bond acceptors (Lipinski definition) is 4. The van der Waals surface area contributed by atoms with Crippen LogP contribution >= 0.6 is 0 Å². The van der Waals surface area contributed by atoms with Gasteiger partial charge in [-0.3, -0.25) is 0 Å². The summed E-state index contributed by atoms with van der Waals surface area (Å²) in [4.78, 5) is 0. The molecular weight excluding hydrogens is 284 g/mol. The van der Waals surface area contributed by atoms with Gasteiger partial charge in [-0.1, -0.05) is 20.8 Å². The second-order valence-corrected chi connectivity index (χ2v) is 11.2. The van der Waals surface area contributed by atoms with E-state index in [1.54, 1.807) is 0 Å². The van der Waals surface area contributed by atoms with E-state index in [9.17, 15) is 0 Å². The third-order valence-electron chi connectivity index (χ3n) is 3.63. The van der Waals surface area contributed by atoms with Crippen LogP contribution in [0.1, 0.15) is 27.2 Å². The summed E-state index contributed by atoms with van der Waals surface area (Å²) in [5.74, 6) is 2.52. The molecule has 0 aliphatic rings. The average Bonchev–Trinajstić information content (AvgIpc) is 2.38. The first-order chi connectivity index (χ1) is 9.81. The Labute approximate surface area is 131 Å². The fourth-order valence-corrected chi connectivity index (χ4v) is 2.27. The Hall–Kier alpha value is -0.383. The minimum absolute atomic E-state index is 0.246. The highest BCUT2D eigenvalue weighted by molar-refractivity contribution is 6.74. The molecule has 0 aliphatic heterocycles. The van der Waals surface area contributed by atoms with Gasteiger partial charge in [-0.05, 0) is 18.1 Å². The summed E-state index contributed by atoms with van der Waals surface area (Å²) < 4.78 is 22.2. The lowest BCUT2D eigenvalue weighted by molar-refractivity contribution is 0.00940. The highest BCUT2D eigenvalue weighted by atomic mass is 28.4. The van der Waals surface area contributed by atoms with E-state index >= 15 is 0 Å². The first-order valence-electron chi connectivity index (χ1n) is 7.62. The molecule has 21 heavy (non-hydrogen) atoms. The molecule has 0 radical (unpaired) electrons. The van der Waals surface area contributed by atoms with Crippen LogP contribution in [0.15, 0.2) is 0 Å². The lowest BCUT2D eigenvalue weighted by atomic mass is 10.2. The number of hydrogen-bond donors (Lipinski definition) is 0. The van der Waals surface area contributed by atoms with E-state index in [1.807, 2.05) is 0 Å². The third kappa shape index (κ3) is 10.9. The van der Waals surface area contributed by atoms with Crippen LogP contribution in [0, 0.1) is 12.3 Å². The summed E-state index contributed by atoms with van der Waals surface area (Å²) >= 11 is 0. The molecule has 0 fully saturated rings. The number of terminal acetylenes is 1. The van der Waals surface area contributed by atoms with Crippen molar-refractivity contribution in [3.63, 3.8) is 0 Å². The van der Waals surface area contributed by atoms with Gasteiger partial charge in [0.1, 0.15) is 0 Å². The van der Waals surface area contributed by atoms with Crippen LogP contribution in [-0.2, 0) is 18.6 Å². The van der Waals surface area contributed by atoms with Crippen molar-refractivity contribution in [3.05, 3.63) is 0 Å². The second kappa shape index (κ2) is 11.2. The Morgan fingerprint density at radius 2 is 1.24 bits per heavy atom. The first-order valence-corrected chi connectivity index (χ1v) is 10.5. The summed E-state index contributed by atoms with van der Waals surface area (Å²) in [6.45, 7) is 15.4. The van der Waals surface area contributed by atoms with Crippen LogP contribution in [0.5, 0.6) is 0 Å². The molecule has 0 saturated heterocycles. The molecule has 0 aliphatic carbocycles. The van der Waals surface area contributed by atoms with E-state index in [0.29, 0.717) is 52.7 Å². The Morgan fingerprint density at radius 3 is 1.67 bits per heavy atom. The van der Waals surface area contributed by atoms with Gasteiger partial charge in [0.05, 0.1) is 46.2 Å². The lowest BCUT2D eigenvalue weighted by Crippen LogP contribution is -2.41. The number of rotatable bonds is 12. The van der Waals surface area contributed by atoms with Crippen molar-refractivity contribution in [1.29, 1.82) is 0 Å². The zero-order valence-electron chi connectivity index (χ0n) is 14.4. The number of ether oxygens (including phenoxy) is 3. The predicted octanol–water partition coefficient (Wildman–Crippen LogP) is 3.08. The minimum atomic E-state index is -1.64. The van der Waals surface area contributed by atoms with E-state index < -0.39 is 8.32 Å². The SMILES string of the molecule is C#CCCOCCOCCOCCO[Si](C)(C)C(C)(C)C. The Morgan fingerprint density at radius 1 is 0.810 bits per heavy atom. The molecular formula is C16H32O4Si. The van der Waals surface area contributed by atoms with E-state index in [-0.39, 0.29) is 5.04 Å². The van der Waals surface area contributed by atoms with Gasteiger partial charge in [0.25, 0.3) is 0 Å². The van der Waals surface area contributed by atoms with Crippen molar-refractivity contribution in [2.75, 3.05) is 46.2 Å². The molecule has 4 nitrogen and oxygen atoms in total. The van der Waals surface area contributed by atoms with E-state index in [0.717, 1.165) is 0 Å². The minimum Gasteiger partial charge on any atom is -0.414 e. The fourth-order valence-electron chi connectivity index (χ4n) is 1.25. The zero-order chi connectivity index (χ0) is 16.2. The van der Waals surface area contributed by atoms with E-state index in [4.69, 9.17) is 25.1 Å². The van der Waals surface area contributed by atoms with E-state index in [2.05, 4.69) is 39.8 Å². The molecule has 0 rings (SSSR count). The van der Waals surface area contributed by atoms with Gasteiger partial charge in [-0.2, -0.15) is 0 Å². The van der Waals surface area contributed by atoms with Gasteiger partial charge in [0.2, 0.25) is 0 Å². The summed E-state index contributed by atoms with van der Waals surface area (Å²) in [6.07, 6.45) is 5.76. The largest absolute Gasteiger partial charge is 0.414 e. The Balaban J connectivity index is 3.32. The summed E-state index contributed by atoms with van der Waals surface area (Å²) in [5, 5.41) is 0.246. The topological polar surface area (TPSA) is 36.9 Å². The molecule has 0 amide bonds. The Bertz CT molecular complexity index is 292. The monoisotopic (exact) mass is 316 g/mol. The van der Waals surface area contributed by atoms with Gasteiger partial charge in [-0.15, -0.1) is 12.3 Å². The van der Waals surface area contributed by atoms with Crippen LogP contribution in [0.2, 0.25) is 18.1 Å². The molecule has 0 heterocycles. The van der Waals surface area contributed by atoms with Gasteiger partial charge in [-0.25, -0.2) is 0 Å². The van der Waals surface area contributed by atoms with Crippen LogP contribution in [0.25, 0.3) is 0 Å². The maximum atomic E-state index is 6.01. The quantitative estimate of drug-likeness (QED) is 0.315. The van der Waals surface area contributed by atoms with Crippen molar-refractivity contribution in [2.24, 2.45) is 0 Å².